The van der Waals surface area contributed by atoms with E-state index in [1.807, 2.05) is 0 Å². The smallest absolute Gasteiger partial charge is 0.145 e. The van der Waals surface area contributed by atoms with E-state index in [1.54, 1.807) is 18.2 Å². The van der Waals surface area contributed by atoms with Crippen LogP contribution in [0.5, 0.6) is 0 Å². The Balaban J connectivity index is 2.41. The number of nitrogens with two attached hydrogens (primary N) is 1. The molecule has 0 amide bonds. The van der Waals surface area contributed by atoms with Gasteiger partial charge in [-0.1, -0.05) is 23.2 Å². The van der Waals surface area contributed by atoms with Crippen LogP contribution in [-0.4, -0.2) is 15.2 Å². The van der Waals surface area contributed by atoms with Crippen molar-refractivity contribution >= 4 is 23.2 Å². The second kappa shape index (κ2) is 4.18. The summed E-state index contributed by atoms with van der Waals surface area (Å²) in [6.45, 7) is 0. The number of hydrogen-bond acceptors (Lipinski definition) is 3. The molecule has 3 N–H and O–H groups in total. The lowest BCUT2D eigenvalue weighted by molar-refractivity contribution is 0.787. The standard InChI is InChI=1S/C9H8Cl2N4/c10-5-1-2-7(11)6(3-5)8(12)9-13-4-14-15-9/h1-4,8H,12H2,(H,13,14,15). The van der Waals surface area contributed by atoms with Gasteiger partial charge in [0.05, 0.1) is 6.04 Å². The number of nitrogens with one attached hydrogen (secondary N) is 1. The first-order valence-electron chi connectivity index (χ1n) is 4.24. The zero-order valence-electron chi connectivity index (χ0n) is 7.61. The number of hydrogen-bond donors (Lipinski definition) is 2. The molecular formula is C9H8Cl2N4. The molecule has 0 bridgehead atoms. The van der Waals surface area contributed by atoms with Gasteiger partial charge in [0.2, 0.25) is 0 Å². The number of benzene rings is 1. The first kappa shape index (κ1) is 10.4. The van der Waals surface area contributed by atoms with Crippen LogP contribution < -0.4 is 5.73 Å². The van der Waals surface area contributed by atoms with Crippen molar-refractivity contribution < 1.29 is 0 Å². The van der Waals surface area contributed by atoms with Crippen LogP contribution in [-0.2, 0) is 0 Å². The number of halogens is 2. The van der Waals surface area contributed by atoms with Gasteiger partial charge >= 0.3 is 0 Å². The largest absolute Gasteiger partial charge is 0.318 e. The number of aromatic nitrogens is 3. The maximum atomic E-state index is 6.01. The lowest BCUT2D eigenvalue weighted by atomic mass is 10.1. The Labute approximate surface area is 96.4 Å². The Morgan fingerprint density at radius 1 is 1.33 bits per heavy atom. The zero-order valence-corrected chi connectivity index (χ0v) is 9.13. The van der Waals surface area contributed by atoms with Gasteiger partial charge in [-0.2, -0.15) is 5.10 Å². The highest BCUT2D eigenvalue weighted by Gasteiger charge is 2.15. The van der Waals surface area contributed by atoms with Crippen molar-refractivity contribution in [3.05, 3.63) is 46.0 Å². The summed E-state index contributed by atoms with van der Waals surface area (Å²) < 4.78 is 0. The van der Waals surface area contributed by atoms with Gasteiger partial charge in [0.25, 0.3) is 0 Å². The van der Waals surface area contributed by atoms with Gasteiger partial charge in [0.15, 0.2) is 0 Å². The van der Waals surface area contributed by atoms with E-state index in [1.165, 1.54) is 6.33 Å². The van der Waals surface area contributed by atoms with Crippen LogP contribution >= 0.6 is 23.2 Å². The first-order chi connectivity index (χ1) is 7.18. The van der Waals surface area contributed by atoms with Crippen LogP contribution in [0.4, 0.5) is 0 Å². The molecule has 0 radical (unpaired) electrons. The van der Waals surface area contributed by atoms with E-state index in [-0.39, 0.29) is 0 Å². The van der Waals surface area contributed by atoms with Crippen molar-refractivity contribution in [2.75, 3.05) is 0 Å². The highest BCUT2D eigenvalue weighted by molar-refractivity contribution is 6.33. The summed E-state index contributed by atoms with van der Waals surface area (Å²) in [7, 11) is 0. The first-order valence-corrected chi connectivity index (χ1v) is 5.00. The third-order valence-corrected chi connectivity index (χ3v) is 2.60. The Morgan fingerprint density at radius 3 is 2.80 bits per heavy atom. The third-order valence-electron chi connectivity index (χ3n) is 2.02. The summed E-state index contributed by atoms with van der Waals surface area (Å²) in [5.41, 5.74) is 6.68. The predicted octanol–water partition coefficient (Wildman–Crippen LogP) is 2.16. The van der Waals surface area contributed by atoms with E-state index in [0.717, 1.165) is 5.56 Å². The zero-order chi connectivity index (χ0) is 10.8. The van der Waals surface area contributed by atoms with Gasteiger partial charge < -0.3 is 5.73 Å². The average Bonchev–Trinajstić information content (AvgIpc) is 2.74. The summed E-state index contributed by atoms with van der Waals surface area (Å²) in [6.07, 6.45) is 1.40. The van der Waals surface area contributed by atoms with Gasteiger partial charge in [-0.15, -0.1) is 0 Å². The fraction of sp³-hybridized carbons (Fsp3) is 0.111. The van der Waals surface area contributed by atoms with E-state index in [0.29, 0.717) is 15.9 Å². The molecular weight excluding hydrogens is 235 g/mol. The van der Waals surface area contributed by atoms with Crippen molar-refractivity contribution in [1.82, 2.24) is 15.2 Å². The van der Waals surface area contributed by atoms with Crippen LogP contribution in [0.1, 0.15) is 17.4 Å². The second-order valence-electron chi connectivity index (χ2n) is 3.01. The van der Waals surface area contributed by atoms with Crippen LogP contribution in [0.15, 0.2) is 24.5 Å². The Kier molecular flexibility index (Phi) is 2.90. The molecule has 0 aliphatic rings. The third kappa shape index (κ3) is 2.12. The van der Waals surface area contributed by atoms with Crippen molar-refractivity contribution in [3.63, 3.8) is 0 Å². The average molecular weight is 243 g/mol. The van der Waals surface area contributed by atoms with E-state index < -0.39 is 6.04 Å². The van der Waals surface area contributed by atoms with Crippen LogP contribution in [0.3, 0.4) is 0 Å². The Bertz CT molecular complexity index is 455. The lowest BCUT2D eigenvalue weighted by Gasteiger charge is -2.10. The predicted molar refractivity (Wildman–Crippen MR) is 58.9 cm³/mol. The van der Waals surface area contributed by atoms with Gasteiger partial charge in [0, 0.05) is 10.0 Å². The van der Waals surface area contributed by atoms with Crippen LogP contribution in [0, 0.1) is 0 Å². The molecule has 0 aliphatic carbocycles. The number of nitrogens with zero attached hydrogens (tertiary/aromatic N) is 2. The molecule has 0 saturated carbocycles. The highest BCUT2D eigenvalue weighted by atomic mass is 35.5. The van der Waals surface area contributed by atoms with Gasteiger partial charge in [0.1, 0.15) is 12.2 Å². The fourth-order valence-corrected chi connectivity index (χ4v) is 1.68. The molecule has 4 nitrogen and oxygen atoms in total. The monoisotopic (exact) mass is 242 g/mol. The maximum absolute atomic E-state index is 6.01. The van der Waals surface area contributed by atoms with Crippen LogP contribution in [0.25, 0.3) is 0 Å². The normalized spacial score (nSPS) is 12.7. The quantitative estimate of drug-likeness (QED) is 0.849. The summed E-state index contributed by atoms with van der Waals surface area (Å²) in [5.74, 6) is 0.555. The summed E-state index contributed by atoms with van der Waals surface area (Å²) in [6, 6.07) is 4.69. The van der Waals surface area contributed by atoms with E-state index in [2.05, 4.69) is 15.2 Å². The minimum absolute atomic E-state index is 0.446. The van der Waals surface area contributed by atoms with Crippen molar-refractivity contribution in [1.29, 1.82) is 0 Å². The van der Waals surface area contributed by atoms with Crippen molar-refractivity contribution in [2.45, 2.75) is 6.04 Å². The fourth-order valence-electron chi connectivity index (χ4n) is 1.27. The Hall–Kier alpha value is -1.10. The topological polar surface area (TPSA) is 67.6 Å². The molecule has 1 aromatic heterocycles. The van der Waals surface area contributed by atoms with E-state index >= 15 is 0 Å². The second-order valence-corrected chi connectivity index (χ2v) is 3.86. The molecule has 6 heteroatoms. The maximum Gasteiger partial charge on any atom is 0.145 e. The SMILES string of the molecule is NC(c1ncn[nH]1)c1cc(Cl)ccc1Cl. The van der Waals surface area contributed by atoms with Gasteiger partial charge in [-0.25, -0.2) is 4.98 Å². The number of H-pyrrole nitrogens is 1. The molecule has 2 aromatic rings. The summed E-state index contributed by atoms with van der Waals surface area (Å²) in [4.78, 5) is 3.97. The molecule has 0 spiro atoms. The molecule has 1 aromatic carbocycles. The molecule has 1 atom stereocenters. The molecule has 78 valence electrons. The molecule has 1 heterocycles. The van der Waals surface area contributed by atoms with E-state index in [4.69, 9.17) is 28.9 Å². The molecule has 0 aliphatic heterocycles. The van der Waals surface area contributed by atoms with Crippen molar-refractivity contribution in [2.24, 2.45) is 5.73 Å². The minimum atomic E-state index is -0.446. The van der Waals surface area contributed by atoms with E-state index in [9.17, 15) is 0 Å². The molecule has 15 heavy (non-hydrogen) atoms. The molecule has 0 fully saturated rings. The lowest BCUT2D eigenvalue weighted by Crippen LogP contribution is -2.14. The summed E-state index contributed by atoms with van der Waals surface area (Å²) >= 11 is 11.9. The van der Waals surface area contributed by atoms with Crippen LogP contribution in [0.2, 0.25) is 10.0 Å². The van der Waals surface area contributed by atoms with Crippen molar-refractivity contribution in [3.8, 4) is 0 Å². The highest BCUT2D eigenvalue weighted by Crippen LogP contribution is 2.27. The molecule has 0 saturated heterocycles. The minimum Gasteiger partial charge on any atom is -0.318 e. The number of rotatable bonds is 2. The molecule has 2 rings (SSSR count). The molecule has 1 unspecified atom stereocenters. The van der Waals surface area contributed by atoms with Gasteiger partial charge in [-0.05, 0) is 23.8 Å². The van der Waals surface area contributed by atoms with Gasteiger partial charge in [-0.3, -0.25) is 5.10 Å². The number of aromatic amines is 1. The Morgan fingerprint density at radius 2 is 2.13 bits per heavy atom. The summed E-state index contributed by atoms with van der Waals surface area (Å²) in [5, 5.41) is 7.57.